The number of Topliss-reactive ketones (excluding diaryl/α,β-unsaturated/α-hetero) is 1. The molecular weight excluding hydrogens is 322 g/mol. The number of aromatic carboxylic acids is 1. The molecule has 2 aliphatic rings. The number of carboxylic acids is 1. The molecule has 0 bridgehead atoms. The second kappa shape index (κ2) is 7.89. The van der Waals surface area contributed by atoms with Gasteiger partial charge in [-0.3, -0.25) is 4.79 Å². The van der Waals surface area contributed by atoms with Crippen LogP contribution in [0.4, 0.5) is 0 Å². The molecular formula is C19H23NO5. The molecule has 1 N–H and O–H groups in total. The Morgan fingerprint density at radius 1 is 1.36 bits per heavy atom. The van der Waals surface area contributed by atoms with Crippen molar-refractivity contribution < 1.29 is 24.2 Å². The minimum absolute atomic E-state index is 0.00607. The fourth-order valence-corrected chi connectivity index (χ4v) is 3.26. The highest BCUT2D eigenvalue weighted by Gasteiger charge is 2.36. The van der Waals surface area contributed by atoms with Gasteiger partial charge in [0.2, 0.25) is 0 Å². The zero-order valence-corrected chi connectivity index (χ0v) is 14.1. The fraction of sp³-hybridized carbons (Fsp3) is 0.526. The average molecular weight is 345 g/mol. The average Bonchev–Trinajstić information content (AvgIpc) is 2.64. The van der Waals surface area contributed by atoms with E-state index in [1.165, 1.54) is 12.3 Å². The summed E-state index contributed by atoms with van der Waals surface area (Å²) in [7, 11) is 0. The first kappa shape index (κ1) is 17.8. The summed E-state index contributed by atoms with van der Waals surface area (Å²) in [5.74, 6) is -0.797. The molecule has 1 saturated carbocycles. The number of pyridine rings is 1. The van der Waals surface area contributed by atoms with Crippen LogP contribution in [0.25, 0.3) is 6.08 Å². The molecule has 1 aromatic heterocycles. The van der Waals surface area contributed by atoms with Crippen LogP contribution in [0.3, 0.4) is 0 Å². The Kier molecular flexibility index (Phi) is 5.60. The molecule has 3 rings (SSSR count). The Labute approximate surface area is 146 Å². The molecule has 0 amide bonds. The molecule has 2 heterocycles. The molecule has 1 atom stereocenters. The summed E-state index contributed by atoms with van der Waals surface area (Å²) in [6.07, 6.45) is 10.3. The molecule has 1 unspecified atom stereocenters. The van der Waals surface area contributed by atoms with Crippen molar-refractivity contribution in [3.8, 4) is 0 Å². The Hall–Kier alpha value is -2.05. The van der Waals surface area contributed by atoms with Gasteiger partial charge in [0.05, 0.1) is 5.60 Å². The Balaban J connectivity index is 1.78. The maximum atomic E-state index is 11.7. The van der Waals surface area contributed by atoms with E-state index in [9.17, 15) is 9.59 Å². The van der Waals surface area contributed by atoms with Gasteiger partial charge in [0.25, 0.3) is 0 Å². The maximum Gasteiger partial charge on any atom is 0.354 e. The minimum atomic E-state index is -1.06. The Morgan fingerprint density at radius 2 is 2.16 bits per heavy atom. The number of ketones is 1. The van der Waals surface area contributed by atoms with Crippen LogP contribution in [0.1, 0.15) is 61.0 Å². The van der Waals surface area contributed by atoms with Crippen molar-refractivity contribution in [2.75, 3.05) is 6.61 Å². The number of ether oxygens (including phenoxy) is 2. The lowest BCUT2D eigenvalue weighted by atomic mass is 9.83. The second-order valence-corrected chi connectivity index (χ2v) is 6.63. The van der Waals surface area contributed by atoms with Crippen molar-refractivity contribution in [3.63, 3.8) is 0 Å². The third kappa shape index (κ3) is 4.74. The first-order valence-corrected chi connectivity index (χ1v) is 8.76. The summed E-state index contributed by atoms with van der Waals surface area (Å²) < 4.78 is 12.0. The van der Waals surface area contributed by atoms with E-state index < -0.39 is 11.6 Å². The Morgan fingerprint density at radius 3 is 2.84 bits per heavy atom. The van der Waals surface area contributed by atoms with Crippen molar-refractivity contribution in [2.24, 2.45) is 0 Å². The zero-order valence-electron chi connectivity index (χ0n) is 14.1. The molecule has 0 aromatic carbocycles. The van der Waals surface area contributed by atoms with Gasteiger partial charge in [0.1, 0.15) is 11.5 Å². The molecule has 1 aromatic rings. The number of nitrogens with zero attached hydrogens (tertiary/aromatic N) is 1. The summed E-state index contributed by atoms with van der Waals surface area (Å²) in [4.78, 5) is 26.5. The molecule has 134 valence electrons. The normalized spacial score (nSPS) is 23.7. The number of carbonyl (C=O) groups excluding carboxylic acids is 1. The van der Waals surface area contributed by atoms with Crippen LogP contribution in [-0.2, 0) is 14.3 Å². The van der Waals surface area contributed by atoms with Gasteiger partial charge in [0.15, 0.2) is 6.29 Å². The van der Waals surface area contributed by atoms with E-state index in [4.69, 9.17) is 14.6 Å². The molecule has 0 radical (unpaired) electrons. The van der Waals surface area contributed by atoms with Crippen molar-refractivity contribution in [1.82, 2.24) is 4.98 Å². The molecule has 1 aliphatic heterocycles. The number of rotatable bonds is 5. The minimum Gasteiger partial charge on any atom is -0.477 e. The summed E-state index contributed by atoms with van der Waals surface area (Å²) in [5, 5.41) is 9.06. The standard InChI is InChI=1S/C19H23NO5/c21-15-5-9-19(10-6-15,25-17-3-1-2-12-24-17)8-4-14-7-11-20-16(13-14)18(22)23/h4,7-8,11,13,17H,1-3,5-6,9-10,12H2,(H,22,23)/b8-4+. The van der Waals surface area contributed by atoms with E-state index in [2.05, 4.69) is 4.98 Å². The lowest BCUT2D eigenvalue weighted by Gasteiger charge is -2.38. The number of aromatic nitrogens is 1. The number of hydrogen-bond donors (Lipinski definition) is 1. The van der Waals surface area contributed by atoms with Crippen molar-refractivity contribution in [3.05, 3.63) is 35.7 Å². The van der Waals surface area contributed by atoms with Gasteiger partial charge in [-0.05, 0) is 49.8 Å². The predicted molar refractivity (Wildman–Crippen MR) is 91.1 cm³/mol. The summed E-state index contributed by atoms with van der Waals surface area (Å²) in [5.41, 5.74) is 0.214. The van der Waals surface area contributed by atoms with E-state index in [1.54, 1.807) is 6.07 Å². The van der Waals surface area contributed by atoms with Crippen molar-refractivity contribution in [1.29, 1.82) is 0 Å². The molecule has 1 saturated heterocycles. The topological polar surface area (TPSA) is 85.7 Å². The first-order valence-electron chi connectivity index (χ1n) is 8.76. The number of carboxylic acid groups (broad SMARTS) is 1. The summed E-state index contributed by atoms with van der Waals surface area (Å²) >= 11 is 0. The van der Waals surface area contributed by atoms with Crippen LogP contribution >= 0.6 is 0 Å². The summed E-state index contributed by atoms with van der Waals surface area (Å²) in [6.45, 7) is 0.704. The van der Waals surface area contributed by atoms with E-state index in [-0.39, 0.29) is 17.8 Å². The van der Waals surface area contributed by atoms with Gasteiger partial charge >= 0.3 is 5.97 Å². The van der Waals surface area contributed by atoms with Crippen LogP contribution in [0.5, 0.6) is 0 Å². The third-order valence-corrected chi connectivity index (χ3v) is 4.74. The number of hydrogen-bond acceptors (Lipinski definition) is 5. The van der Waals surface area contributed by atoms with E-state index in [0.29, 0.717) is 32.3 Å². The van der Waals surface area contributed by atoms with E-state index >= 15 is 0 Å². The highest BCUT2D eigenvalue weighted by molar-refractivity contribution is 5.86. The largest absolute Gasteiger partial charge is 0.477 e. The van der Waals surface area contributed by atoms with Crippen LogP contribution in [0, 0.1) is 0 Å². The lowest BCUT2D eigenvalue weighted by Crippen LogP contribution is -2.40. The Bertz CT molecular complexity index is 654. The molecule has 2 fully saturated rings. The second-order valence-electron chi connectivity index (χ2n) is 6.63. The number of carbonyl (C=O) groups is 2. The lowest BCUT2D eigenvalue weighted by molar-refractivity contribution is -0.217. The quantitative estimate of drug-likeness (QED) is 0.882. The van der Waals surface area contributed by atoms with E-state index in [1.807, 2.05) is 12.2 Å². The third-order valence-electron chi connectivity index (χ3n) is 4.74. The highest BCUT2D eigenvalue weighted by atomic mass is 16.7. The van der Waals surface area contributed by atoms with Crippen LogP contribution in [-0.4, -0.2) is 40.3 Å². The van der Waals surface area contributed by atoms with Gasteiger partial charge in [0, 0.05) is 25.6 Å². The molecule has 0 spiro atoms. The van der Waals surface area contributed by atoms with Gasteiger partial charge in [-0.15, -0.1) is 0 Å². The first-order chi connectivity index (χ1) is 12.1. The predicted octanol–water partition coefficient (Wildman–Crippen LogP) is 3.22. The van der Waals surface area contributed by atoms with Crippen molar-refractivity contribution in [2.45, 2.75) is 56.8 Å². The SMILES string of the molecule is O=C1CCC(/C=C/c2ccnc(C(=O)O)c2)(OC2CCCCO2)CC1. The highest BCUT2D eigenvalue weighted by Crippen LogP contribution is 2.35. The zero-order chi connectivity index (χ0) is 17.7. The molecule has 25 heavy (non-hydrogen) atoms. The monoisotopic (exact) mass is 345 g/mol. The molecule has 6 heteroatoms. The van der Waals surface area contributed by atoms with Gasteiger partial charge in [-0.2, -0.15) is 0 Å². The van der Waals surface area contributed by atoms with Gasteiger partial charge < -0.3 is 14.6 Å². The van der Waals surface area contributed by atoms with Gasteiger partial charge in [-0.25, -0.2) is 9.78 Å². The van der Waals surface area contributed by atoms with E-state index in [0.717, 1.165) is 24.8 Å². The smallest absolute Gasteiger partial charge is 0.354 e. The van der Waals surface area contributed by atoms with Crippen LogP contribution in [0.2, 0.25) is 0 Å². The fourth-order valence-electron chi connectivity index (χ4n) is 3.26. The van der Waals surface area contributed by atoms with Crippen LogP contribution < -0.4 is 0 Å². The molecule has 6 nitrogen and oxygen atoms in total. The van der Waals surface area contributed by atoms with Crippen LogP contribution in [0.15, 0.2) is 24.4 Å². The summed E-state index contributed by atoms with van der Waals surface area (Å²) in [6, 6.07) is 3.28. The molecule has 1 aliphatic carbocycles. The van der Waals surface area contributed by atoms with Gasteiger partial charge in [-0.1, -0.05) is 12.2 Å². The van der Waals surface area contributed by atoms with Crippen molar-refractivity contribution >= 4 is 17.8 Å². The maximum absolute atomic E-state index is 11.7.